The van der Waals surface area contributed by atoms with Crippen LogP contribution < -0.4 is 0 Å². The molecule has 0 spiro atoms. The zero-order chi connectivity index (χ0) is 16.8. The highest BCUT2D eigenvalue weighted by molar-refractivity contribution is 5.91. The molecule has 4 nitrogen and oxygen atoms in total. The highest BCUT2D eigenvalue weighted by atomic mass is 16.2. The van der Waals surface area contributed by atoms with Gasteiger partial charge in [-0.25, -0.2) is 0 Å². The van der Waals surface area contributed by atoms with E-state index in [9.17, 15) is 4.79 Å². The first kappa shape index (κ1) is 16.4. The standard InChI is InChI=1S/C20H23N3O/c1-17(19-8-5-11-21-16-19)22-12-14-23(15-13-22)20(24)10-9-18-6-3-2-4-7-18/h2-11,16-17H,12-15H2,1H3/b10-9+/t17-/m1/s1. The van der Waals surface area contributed by atoms with Crippen LogP contribution in [0.5, 0.6) is 0 Å². The second kappa shape index (κ2) is 7.88. The van der Waals surface area contributed by atoms with Crippen molar-refractivity contribution >= 4 is 12.0 Å². The van der Waals surface area contributed by atoms with Crippen molar-refractivity contribution in [1.29, 1.82) is 0 Å². The third kappa shape index (κ3) is 4.09. The van der Waals surface area contributed by atoms with Gasteiger partial charge >= 0.3 is 0 Å². The molecule has 0 aliphatic carbocycles. The monoisotopic (exact) mass is 321 g/mol. The average Bonchev–Trinajstić information content (AvgIpc) is 2.67. The van der Waals surface area contributed by atoms with E-state index >= 15 is 0 Å². The van der Waals surface area contributed by atoms with E-state index in [4.69, 9.17) is 0 Å². The van der Waals surface area contributed by atoms with Crippen LogP contribution in [0.1, 0.15) is 24.1 Å². The molecular weight excluding hydrogens is 298 g/mol. The number of hydrogen-bond acceptors (Lipinski definition) is 3. The zero-order valence-electron chi connectivity index (χ0n) is 14.0. The normalized spacial score (nSPS) is 17.1. The second-order valence-electron chi connectivity index (χ2n) is 6.07. The first-order valence-electron chi connectivity index (χ1n) is 8.40. The van der Waals surface area contributed by atoms with Crippen molar-refractivity contribution in [3.05, 3.63) is 72.1 Å². The summed E-state index contributed by atoms with van der Waals surface area (Å²) in [5.41, 5.74) is 2.27. The van der Waals surface area contributed by atoms with Crippen molar-refractivity contribution in [3.63, 3.8) is 0 Å². The lowest BCUT2D eigenvalue weighted by molar-refractivity contribution is -0.127. The molecule has 1 fully saturated rings. The van der Waals surface area contributed by atoms with Gasteiger partial charge in [-0.1, -0.05) is 36.4 Å². The number of carbonyl (C=O) groups excluding carboxylic acids is 1. The van der Waals surface area contributed by atoms with E-state index in [1.807, 2.05) is 53.6 Å². The van der Waals surface area contributed by atoms with E-state index in [1.165, 1.54) is 5.56 Å². The van der Waals surface area contributed by atoms with Crippen molar-refractivity contribution < 1.29 is 4.79 Å². The highest BCUT2D eigenvalue weighted by Gasteiger charge is 2.23. The van der Waals surface area contributed by atoms with E-state index < -0.39 is 0 Å². The molecule has 1 aliphatic heterocycles. The lowest BCUT2D eigenvalue weighted by Crippen LogP contribution is -2.48. The molecule has 1 atom stereocenters. The van der Waals surface area contributed by atoms with Crippen LogP contribution in [0.15, 0.2) is 60.9 Å². The van der Waals surface area contributed by atoms with E-state index in [1.54, 1.807) is 12.3 Å². The minimum Gasteiger partial charge on any atom is -0.337 e. The summed E-state index contributed by atoms with van der Waals surface area (Å²) in [7, 11) is 0. The summed E-state index contributed by atoms with van der Waals surface area (Å²) in [6, 6.07) is 14.3. The number of pyridine rings is 1. The summed E-state index contributed by atoms with van der Waals surface area (Å²) in [6.45, 7) is 5.51. The number of piperazine rings is 1. The first-order valence-corrected chi connectivity index (χ1v) is 8.40. The molecule has 0 radical (unpaired) electrons. The molecule has 3 rings (SSSR count). The smallest absolute Gasteiger partial charge is 0.246 e. The van der Waals surface area contributed by atoms with Crippen LogP contribution in [0.3, 0.4) is 0 Å². The lowest BCUT2D eigenvalue weighted by atomic mass is 10.1. The number of benzene rings is 1. The molecule has 1 aromatic carbocycles. The van der Waals surface area contributed by atoms with Crippen molar-refractivity contribution in [3.8, 4) is 0 Å². The summed E-state index contributed by atoms with van der Waals surface area (Å²) in [4.78, 5) is 20.9. The minimum absolute atomic E-state index is 0.0903. The van der Waals surface area contributed by atoms with Crippen LogP contribution in [0.25, 0.3) is 6.08 Å². The summed E-state index contributed by atoms with van der Waals surface area (Å²) in [6.07, 6.45) is 7.28. The molecule has 1 aliphatic rings. The molecule has 0 unspecified atom stereocenters. The first-order chi connectivity index (χ1) is 11.7. The summed E-state index contributed by atoms with van der Waals surface area (Å²) in [5, 5.41) is 0. The summed E-state index contributed by atoms with van der Waals surface area (Å²) >= 11 is 0. The van der Waals surface area contributed by atoms with Gasteiger partial charge < -0.3 is 4.90 Å². The van der Waals surface area contributed by atoms with Crippen LogP contribution >= 0.6 is 0 Å². The van der Waals surface area contributed by atoms with Gasteiger partial charge in [0.15, 0.2) is 0 Å². The van der Waals surface area contributed by atoms with Crippen molar-refractivity contribution in [2.45, 2.75) is 13.0 Å². The predicted molar refractivity (Wildman–Crippen MR) is 96.3 cm³/mol. The molecule has 4 heteroatoms. The molecule has 0 N–H and O–H groups in total. The number of nitrogens with zero attached hydrogens (tertiary/aromatic N) is 3. The van der Waals surface area contributed by atoms with Gasteiger partial charge in [-0.15, -0.1) is 0 Å². The van der Waals surface area contributed by atoms with Gasteiger partial charge in [0.1, 0.15) is 0 Å². The average molecular weight is 321 g/mol. The molecule has 1 aromatic heterocycles. The van der Waals surface area contributed by atoms with E-state index in [-0.39, 0.29) is 5.91 Å². The van der Waals surface area contributed by atoms with Crippen LogP contribution in [0.4, 0.5) is 0 Å². The Bertz CT molecular complexity index is 677. The van der Waals surface area contributed by atoms with Crippen molar-refractivity contribution in [2.24, 2.45) is 0 Å². The Morgan fingerprint density at radius 2 is 1.83 bits per heavy atom. The molecule has 124 valence electrons. The Morgan fingerprint density at radius 1 is 1.08 bits per heavy atom. The number of aromatic nitrogens is 1. The molecule has 0 saturated carbocycles. The molecular formula is C20H23N3O. The fourth-order valence-corrected chi connectivity index (χ4v) is 3.00. The maximum absolute atomic E-state index is 12.3. The van der Waals surface area contributed by atoms with Gasteiger partial charge in [-0.05, 0) is 30.2 Å². The van der Waals surface area contributed by atoms with Crippen LogP contribution in [-0.2, 0) is 4.79 Å². The Kier molecular flexibility index (Phi) is 5.39. The molecule has 2 aromatic rings. The quantitative estimate of drug-likeness (QED) is 0.812. The van der Waals surface area contributed by atoms with Gasteiger partial charge in [0.25, 0.3) is 0 Å². The van der Waals surface area contributed by atoms with Gasteiger partial charge in [-0.3, -0.25) is 14.7 Å². The number of amides is 1. The SMILES string of the molecule is C[C@H](c1cccnc1)N1CCN(C(=O)/C=C/c2ccccc2)CC1. The lowest BCUT2D eigenvalue weighted by Gasteiger charge is -2.37. The third-order valence-corrected chi connectivity index (χ3v) is 4.56. The zero-order valence-corrected chi connectivity index (χ0v) is 14.0. The molecule has 0 bridgehead atoms. The van der Waals surface area contributed by atoms with Crippen molar-refractivity contribution in [2.75, 3.05) is 26.2 Å². The number of carbonyl (C=O) groups is 1. The maximum Gasteiger partial charge on any atom is 0.246 e. The Balaban J connectivity index is 1.53. The molecule has 2 heterocycles. The molecule has 24 heavy (non-hydrogen) atoms. The van der Waals surface area contributed by atoms with Crippen LogP contribution in [-0.4, -0.2) is 46.9 Å². The fourth-order valence-electron chi connectivity index (χ4n) is 3.00. The fraction of sp³-hybridized carbons (Fsp3) is 0.300. The largest absolute Gasteiger partial charge is 0.337 e. The third-order valence-electron chi connectivity index (χ3n) is 4.56. The maximum atomic E-state index is 12.3. The summed E-state index contributed by atoms with van der Waals surface area (Å²) < 4.78 is 0. The Hall–Kier alpha value is -2.46. The number of rotatable bonds is 4. The topological polar surface area (TPSA) is 36.4 Å². The van der Waals surface area contributed by atoms with E-state index in [0.717, 1.165) is 31.7 Å². The number of hydrogen-bond donors (Lipinski definition) is 0. The van der Waals surface area contributed by atoms with Crippen LogP contribution in [0, 0.1) is 0 Å². The Labute approximate surface area is 143 Å². The van der Waals surface area contributed by atoms with E-state index in [2.05, 4.69) is 22.9 Å². The van der Waals surface area contributed by atoms with E-state index in [0.29, 0.717) is 6.04 Å². The molecule has 1 saturated heterocycles. The van der Waals surface area contributed by atoms with Crippen LogP contribution in [0.2, 0.25) is 0 Å². The Morgan fingerprint density at radius 3 is 2.50 bits per heavy atom. The molecule has 1 amide bonds. The summed E-state index contributed by atoms with van der Waals surface area (Å²) in [5.74, 6) is 0.0903. The van der Waals surface area contributed by atoms with Gasteiger partial charge in [0.2, 0.25) is 5.91 Å². The van der Waals surface area contributed by atoms with Gasteiger partial charge in [-0.2, -0.15) is 0 Å². The predicted octanol–water partition coefficient (Wildman–Crippen LogP) is 3.00. The van der Waals surface area contributed by atoms with Gasteiger partial charge in [0, 0.05) is 50.7 Å². The minimum atomic E-state index is 0.0903. The second-order valence-corrected chi connectivity index (χ2v) is 6.07. The van der Waals surface area contributed by atoms with Gasteiger partial charge in [0.05, 0.1) is 0 Å². The highest BCUT2D eigenvalue weighted by Crippen LogP contribution is 2.20. The van der Waals surface area contributed by atoms with Crippen molar-refractivity contribution in [1.82, 2.24) is 14.8 Å².